The second kappa shape index (κ2) is 4.19. The molecule has 0 aliphatic heterocycles. The third kappa shape index (κ3) is 2.08. The Kier molecular flexibility index (Phi) is 3.19. The Morgan fingerprint density at radius 3 is 2.71 bits per heavy atom. The van der Waals surface area contributed by atoms with Crippen molar-refractivity contribution in [3.63, 3.8) is 0 Å². The summed E-state index contributed by atoms with van der Waals surface area (Å²) in [4.78, 5) is 21.2. The Hall–Kier alpha value is -1.43. The largest absolute Gasteiger partial charge is 0.355 e. The van der Waals surface area contributed by atoms with Crippen molar-refractivity contribution < 1.29 is 9.72 Å². The van der Waals surface area contributed by atoms with E-state index in [-0.39, 0.29) is 11.3 Å². The summed E-state index contributed by atoms with van der Waals surface area (Å²) in [5.41, 5.74) is -0.153. The van der Waals surface area contributed by atoms with Crippen molar-refractivity contribution in [1.82, 2.24) is 5.32 Å². The van der Waals surface area contributed by atoms with Gasteiger partial charge in [0.1, 0.15) is 5.56 Å². The number of nitro groups is 1. The van der Waals surface area contributed by atoms with E-state index in [4.69, 9.17) is 0 Å². The van der Waals surface area contributed by atoms with Crippen molar-refractivity contribution in [2.45, 2.75) is 0 Å². The highest BCUT2D eigenvalue weighted by Crippen LogP contribution is 2.23. The van der Waals surface area contributed by atoms with Crippen LogP contribution in [0.4, 0.5) is 5.69 Å². The van der Waals surface area contributed by atoms with E-state index in [9.17, 15) is 14.9 Å². The van der Waals surface area contributed by atoms with Gasteiger partial charge in [-0.25, -0.2) is 0 Å². The number of halogens is 1. The van der Waals surface area contributed by atoms with Crippen LogP contribution in [0, 0.1) is 10.1 Å². The highest BCUT2D eigenvalue weighted by molar-refractivity contribution is 9.10. The van der Waals surface area contributed by atoms with Crippen LogP contribution in [-0.4, -0.2) is 17.9 Å². The summed E-state index contributed by atoms with van der Waals surface area (Å²) < 4.78 is 0.567. The topological polar surface area (TPSA) is 72.2 Å². The molecule has 0 saturated heterocycles. The van der Waals surface area contributed by atoms with Gasteiger partial charge in [0.15, 0.2) is 0 Å². The first-order chi connectivity index (χ1) is 6.56. The molecule has 0 fully saturated rings. The molecule has 74 valence electrons. The van der Waals surface area contributed by atoms with Crippen LogP contribution < -0.4 is 5.32 Å². The van der Waals surface area contributed by atoms with Crippen LogP contribution in [0.3, 0.4) is 0 Å². The molecule has 5 nitrogen and oxygen atoms in total. The molecule has 0 heterocycles. The summed E-state index contributed by atoms with van der Waals surface area (Å²) in [6, 6.07) is 4.28. The molecule has 0 saturated carbocycles. The highest BCUT2D eigenvalue weighted by atomic mass is 79.9. The van der Waals surface area contributed by atoms with Crippen molar-refractivity contribution in [3.8, 4) is 0 Å². The van der Waals surface area contributed by atoms with E-state index in [1.807, 2.05) is 0 Å². The smallest absolute Gasteiger partial charge is 0.283 e. The molecule has 0 bridgehead atoms. The van der Waals surface area contributed by atoms with E-state index in [1.54, 1.807) is 6.07 Å². The number of nitrogens with zero attached hydrogens (tertiary/aromatic N) is 1. The van der Waals surface area contributed by atoms with E-state index >= 15 is 0 Å². The third-order valence-corrected chi connectivity index (χ3v) is 2.12. The van der Waals surface area contributed by atoms with E-state index in [0.29, 0.717) is 4.47 Å². The first-order valence-corrected chi connectivity index (χ1v) is 4.51. The molecular formula is C8H7BrN2O3. The molecule has 1 rings (SSSR count). The van der Waals surface area contributed by atoms with Gasteiger partial charge >= 0.3 is 0 Å². The van der Waals surface area contributed by atoms with Crippen molar-refractivity contribution in [2.24, 2.45) is 0 Å². The zero-order valence-electron chi connectivity index (χ0n) is 7.28. The number of hydrogen-bond acceptors (Lipinski definition) is 3. The highest BCUT2D eigenvalue weighted by Gasteiger charge is 2.18. The fourth-order valence-corrected chi connectivity index (χ4v) is 1.33. The van der Waals surface area contributed by atoms with Gasteiger partial charge < -0.3 is 5.32 Å². The molecule has 0 unspecified atom stereocenters. The molecule has 0 atom stereocenters. The fraction of sp³-hybridized carbons (Fsp3) is 0.125. The summed E-state index contributed by atoms with van der Waals surface area (Å²) in [7, 11) is 1.42. The van der Waals surface area contributed by atoms with Crippen LogP contribution in [-0.2, 0) is 0 Å². The standard InChI is InChI=1S/C8H7BrN2O3/c1-10-8(12)6-3-2-5(9)4-7(6)11(13)14/h2-4H,1H3,(H,10,12). The predicted octanol–water partition coefficient (Wildman–Crippen LogP) is 1.72. The predicted molar refractivity (Wildman–Crippen MR) is 54.2 cm³/mol. The molecule has 0 aliphatic rings. The van der Waals surface area contributed by atoms with Gasteiger partial charge in [0.2, 0.25) is 0 Å². The number of rotatable bonds is 2. The van der Waals surface area contributed by atoms with Gasteiger partial charge in [0.05, 0.1) is 4.92 Å². The van der Waals surface area contributed by atoms with Crippen molar-refractivity contribution in [3.05, 3.63) is 38.3 Å². The Morgan fingerprint density at radius 1 is 1.57 bits per heavy atom. The number of carbonyl (C=O) groups excluding carboxylic acids is 1. The summed E-state index contributed by atoms with van der Waals surface area (Å²) >= 11 is 3.10. The molecule has 0 aromatic heterocycles. The van der Waals surface area contributed by atoms with E-state index in [0.717, 1.165) is 0 Å². The minimum Gasteiger partial charge on any atom is -0.355 e. The number of nitro benzene ring substituents is 1. The summed E-state index contributed by atoms with van der Waals surface area (Å²) in [6.45, 7) is 0. The van der Waals surface area contributed by atoms with Crippen LogP contribution in [0.15, 0.2) is 22.7 Å². The second-order valence-corrected chi connectivity index (χ2v) is 3.41. The number of nitrogens with one attached hydrogen (secondary N) is 1. The van der Waals surface area contributed by atoms with Crippen molar-refractivity contribution in [2.75, 3.05) is 7.05 Å². The van der Waals surface area contributed by atoms with Gasteiger partial charge in [-0.15, -0.1) is 0 Å². The molecule has 1 N–H and O–H groups in total. The van der Waals surface area contributed by atoms with Crippen LogP contribution in [0.1, 0.15) is 10.4 Å². The lowest BCUT2D eigenvalue weighted by Crippen LogP contribution is -2.19. The molecule has 1 amide bonds. The maximum Gasteiger partial charge on any atom is 0.283 e. The molecule has 14 heavy (non-hydrogen) atoms. The quantitative estimate of drug-likeness (QED) is 0.649. The van der Waals surface area contributed by atoms with Gasteiger partial charge in [-0.3, -0.25) is 14.9 Å². The lowest BCUT2D eigenvalue weighted by Gasteiger charge is -2.01. The Balaban J connectivity index is 3.28. The van der Waals surface area contributed by atoms with Crippen LogP contribution in [0.25, 0.3) is 0 Å². The molecular weight excluding hydrogens is 252 g/mol. The average molecular weight is 259 g/mol. The van der Waals surface area contributed by atoms with Gasteiger partial charge in [-0.05, 0) is 12.1 Å². The van der Waals surface area contributed by atoms with E-state index < -0.39 is 10.8 Å². The Morgan fingerprint density at radius 2 is 2.21 bits per heavy atom. The van der Waals surface area contributed by atoms with Crippen molar-refractivity contribution in [1.29, 1.82) is 0 Å². The minimum atomic E-state index is -0.588. The van der Waals surface area contributed by atoms with E-state index in [1.165, 1.54) is 19.2 Å². The average Bonchev–Trinajstić information content (AvgIpc) is 2.16. The monoisotopic (exact) mass is 258 g/mol. The van der Waals surface area contributed by atoms with Crippen LogP contribution in [0.2, 0.25) is 0 Å². The summed E-state index contributed by atoms with van der Waals surface area (Å²) in [6.07, 6.45) is 0. The normalized spacial score (nSPS) is 9.57. The van der Waals surface area contributed by atoms with Crippen molar-refractivity contribution >= 4 is 27.5 Å². The Bertz CT molecular complexity index is 392. The van der Waals surface area contributed by atoms with Crippen LogP contribution in [0.5, 0.6) is 0 Å². The molecule has 1 aromatic rings. The molecule has 0 radical (unpaired) electrons. The second-order valence-electron chi connectivity index (χ2n) is 2.50. The number of benzene rings is 1. The maximum absolute atomic E-state index is 11.2. The zero-order valence-corrected chi connectivity index (χ0v) is 8.87. The zero-order chi connectivity index (χ0) is 10.7. The molecule has 6 heteroatoms. The lowest BCUT2D eigenvalue weighted by atomic mass is 10.1. The van der Waals surface area contributed by atoms with Gasteiger partial charge in [-0.2, -0.15) is 0 Å². The number of hydrogen-bond donors (Lipinski definition) is 1. The third-order valence-electron chi connectivity index (χ3n) is 1.63. The van der Waals surface area contributed by atoms with Gasteiger partial charge in [-0.1, -0.05) is 15.9 Å². The Labute approximate surface area is 88.4 Å². The fourth-order valence-electron chi connectivity index (χ4n) is 0.983. The molecule has 0 spiro atoms. The molecule has 1 aromatic carbocycles. The van der Waals surface area contributed by atoms with Gasteiger partial charge in [0.25, 0.3) is 11.6 Å². The van der Waals surface area contributed by atoms with Gasteiger partial charge in [0, 0.05) is 17.6 Å². The van der Waals surface area contributed by atoms with Crippen LogP contribution >= 0.6 is 15.9 Å². The summed E-state index contributed by atoms with van der Waals surface area (Å²) in [5, 5.41) is 12.9. The minimum absolute atomic E-state index is 0.0562. The van der Waals surface area contributed by atoms with E-state index in [2.05, 4.69) is 21.2 Å². The summed E-state index contributed by atoms with van der Waals surface area (Å²) in [5.74, 6) is -0.468. The lowest BCUT2D eigenvalue weighted by molar-refractivity contribution is -0.385. The first-order valence-electron chi connectivity index (χ1n) is 3.72. The number of amides is 1. The first kappa shape index (κ1) is 10.6. The maximum atomic E-state index is 11.2. The number of carbonyl (C=O) groups is 1. The molecule has 0 aliphatic carbocycles. The SMILES string of the molecule is CNC(=O)c1ccc(Br)cc1[N+](=O)[O-].